The lowest BCUT2D eigenvalue weighted by Gasteiger charge is -2.13. The summed E-state index contributed by atoms with van der Waals surface area (Å²) in [5.74, 6) is 0.729. The summed E-state index contributed by atoms with van der Waals surface area (Å²) < 4.78 is 10.6. The maximum absolute atomic E-state index is 12.0. The van der Waals surface area contributed by atoms with Gasteiger partial charge < -0.3 is 14.8 Å². The molecule has 24 heavy (non-hydrogen) atoms. The first-order chi connectivity index (χ1) is 11.5. The summed E-state index contributed by atoms with van der Waals surface area (Å²) in [4.78, 5) is 12.0. The van der Waals surface area contributed by atoms with E-state index in [4.69, 9.17) is 21.7 Å². The van der Waals surface area contributed by atoms with Gasteiger partial charge in [0.25, 0.3) is 5.91 Å². The molecular formula is C18H20N2O3S. The van der Waals surface area contributed by atoms with Gasteiger partial charge in [0.1, 0.15) is 0 Å². The minimum Gasteiger partial charge on any atom is -0.493 e. The van der Waals surface area contributed by atoms with E-state index in [-0.39, 0.29) is 17.6 Å². The largest absolute Gasteiger partial charge is 0.493 e. The molecule has 126 valence electrons. The van der Waals surface area contributed by atoms with E-state index >= 15 is 0 Å². The van der Waals surface area contributed by atoms with Crippen LogP contribution in [0.4, 0.5) is 5.69 Å². The third-order valence-corrected chi connectivity index (χ3v) is 3.52. The molecule has 1 amide bonds. The standard InChI is InChI=1S/C18H20N2O3S/c1-12-8-9-14(13(2)10-12)19-18(24)20-17(21)11-23-16-7-5-4-6-15(16)22-3/h4-10H,11H2,1-3H3,(H2,19,20,21,24). The number of methoxy groups -OCH3 is 1. The van der Waals surface area contributed by atoms with E-state index in [1.54, 1.807) is 19.2 Å². The molecule has 6 heteroatoms. The summed E-state index contributed by atoms with van der Waals surface area (Å²) in [5, 5.41) is 5.83. The van der Waals surface area contributed by atoms with Crippen LogP contribution in [0.3, 0.4) is 0 Å². The second-order valence-corrected chi connectivity index (χ2v) is 5.67. The van der Waals surface area contributed by atoms with Crippen molar-refractivity contribution < 1.29 is 14.3 Å². The molecule has 2 aromatic carbocycles. The fraction of sp³-hybridized carbons (Fsp3) is 0.222. The van der Waals surface area contributed by atoms with E-state index in [9.17, 15) is 4.79 Å². The van der Waals surface area contributed by atoms with Gasteiger partial charge in [0.15, 0.2) is 23.2 Å². The summed E-state index contributed by atoms with van der Waals surface area (Å²) in [6.45, 7) is 3.84. The Morgan fingerprint density at radius 1 is 1.12 bits per heavy atom. The first kappa shape index (κ1) is 17.7. The van der Waals surface area contributed by atoms with Crippen LogP contribution in [0, 0.1) is 13.8 Å². The SMILES string of the molecule is COc1ccccc1OCC(=O)NC(=S)Nc1ccc(C)cc1C. The van der Waals surface area contributed by atoms with Gasteiger partial charge in [0.2, 0.25) is 0 Å². The average Bonchev–Trinajstić information content (AvgIpc) is 2.55. The van der Waals surface area contributed by atoms with Gasteiger partial charge in [-0.05, 0) is 49.8 Å². The second kappa shape index (κ2) is 8.31. The van der Waals surface area contributed by atoms with Crippen molar-refractivity contribution >= 4 is 28.9 Å². The van der Waals surface area contributed by atoms with Crippen molar-refractivity contribution in [3.05, 3.63) is 53.6 Å². The minimum atomic E-state index is -0.344. The molecule has 2 N–H and O–H groups in total. The molecule has 0 bridgehead atoms. The van der Waals surface area contributed by atoms with Crippen molar-refractivity contribution in [3.8, 4) is 11.5 Å². The van der Waals surface area contributed by atoms with Crippen LogP contribution in [0.15, 0.2) is 42.5 Å². The second-order valence-electron chi connectivity index (χ2n) is 5.26. The van der Waals surface area contributed by atoms with Gasteiger partial charge in [0, 0.05) is 5.69 Å². The Balaban J connectivity index is 1.86. The average molecular weight is 344 g/mol. The van der Waals surface area contributed by atoms with Crippen LogP contribution in [0.2, 0.25) is 0 Å². The van der Waals surface area contributed by atoms with Crippen molar-refractivity contribution in [1.82, 2.24) is 5.32 Å². The molecule has 0 saturated carbocycles. The third kappa shape index (κ3) is 4.96. The maximum Gasteiger partial charge on any atom is 0.264 e. The number of amides is 1. The van der Waals surface area contributed by atoms with Crippen molar-refractivity contribution in [3.63, 3.8) is 0 Å². The highest BCUT2D eigenvalue weighted by atomic mass is 32.1. The summed E-state index contributed by atoms with van der Waals surface area (Å²) in [5.41, 5.74) is 3.08. The number of anilines is 1. The van der Waals surface area contributed by atoms with Gasteiger partial charge in [-0.3, -0.25) is 10.1 Å². The number of benzene rings is 2. The van der Waals surface area contributed by atoms with E-state index in [0.717, 1.165) is 11.3 Å². The Labute approximate surface area is 147 Å². The Morgan fingerprint density at radius 3 is 2.50 bits per heavy atom. The smallest absolute Gasteiger partial charge is 0.264 e. The van der Waals surface area contributed by atoms with Crippen LogP contribution in [-0.2, 0) is 4.79 Å². The summed E-state index contributed by atoms with van der Waals surface area (Å²) in [7, 11) is 1.55. The van der Waals surface area contributed by atoms with Gasteiger partial charge >= 0.3 is 0 Å². The highest BCUT2D eigenvalue weighted by molar-refractivity contribution is 7.80. The van der Waals surface area contributed by atoms with Crippen molar-refractivity contribution in [1.29, 1.82) is 0 Å². The van der Waals surface area contributed by atoms with Gasteiger partial charge in [-0.2, -0.15) is 0 Å². The first-order valence-corrected chi connectivity index (χ1v) is 7.84. The van der Waals surface area contributed by atoms with Crippen LogP contribution in [-0.4, -0.2) is 24.7 Å². The number of aryl methyl sites for hydroxylation is 2. The van der Waals surface area contributed by atoms with E-state index in [0.29, 0.717) is 11.5 Å². The highest BCUT2D eigenvalue weighted by Gasteiger charge is 2.09. The van der Waals surface area contributed by atoms with E-state index in [2.05, 4.69) is 10.6 Å². The van der Waals surface area contributed by atoms with E-state index in [1.165, 1.54) is 5.56 Å². The molecule has 0 saturated heterocycles. The molecule has 0 aromatic heterocycles. The lowest BCUT2D eigenvalue weighted by Crippen LogP contribution is -2.37. The lowest BCUT2D eigenvalue weighted by molar-refractivity contribution is -0.121. The van der Waals surface area contributed by atoms with Crippen molar-refractivity contribution in [2.75, 3.05) is 19.0 Å². The number of carbonyl (C=O) groups is 1. The zero-order valence-electron chi connectivity index (χ0n) is 13.9. The van der Waals surface area contributed by atoms with Crippen LogP contribution < -0.4 is 20.1 Å². The van der Waals surface area contributed by atoms with Crippen LogP contribution in [0.25, 0.3) is 0 Å². The number of hydrogen-bond donors (Lipinski definition) is 2. The molecule has 0 unspecified atom stereocenters. The first-order valence-electron chi connectivity index (χ1n) is 7.43. The van der Waals surface area contributed by atoms with Gasteiger partial charge in [-0.1, -0.05) is 29.8 Å². The summed E-state index contributed by atoms with van der Waals surface area (Å²) in [6, 6.07) is 13.1. The molecule has 5 nitrogen and oxygen atoms in total. The fourth-order valence-electron chi connectivity index (χ4n) is 2.15. The van der Waals surface area contributed by atoms with Crippen molar-refractivity contribution in [2.24, 2.45) is 0 Å². The molecule has 0 atom stereocenters. The third-order valence-electron chi connectivity index (χ3n) is 3.31. The summed E-state index contributed by atoms with van der Waals surface area (Å²) in [6.07, 6.45) is 0. The molecule has 0 aliphatic heterocycles. The van der Waals surface area contributed by atoms with E-state index < -0.39 is 0 Å². The molecule has 0 fully saturated rings. The number of rotatable bonds is 5. The van der Waals surface area contributed by atoms with Gasteiger partial charge in [-0.25, -0.2) is 0 Å². The number of ether oxygens (including phenoxy) is 2. The maximum atomic E-state index is 12.0. The van der Waals surface area contributed by atoms with Crippen LogP contribution in [0.5, 0.6) is 11.5 Å². The quantitative estimate of drug-likeness (QED) is 0.816. The predicted molar refractivity (Wildman–Crippen MR) is 98.8 cm³/mol. The van der Waals surface area contributed by atoms with Crippen molar-refractivity contribution in [2.45, 2.75) is 13.8 Å². The molecular weight excluding hydrogens is 324 g/mol. The Hall–Kier alpha value is -2.60. The molecule has 0 heterocycles. The molecule has 0 aliphatic carbocycles. The number of carbonyl (C=O) groups excluding carboxylic acids is 1. The normalized spacial score (nSPS) is 9.96. The number of nitrogens with one attached hydrogen (secondary N) is 2. The molecule has 0 aliphatic rings. The monoisotopic (exact) mass is 344 g/mol. The Morgan fingerprint density at radius 2 is 1.83 bits per heavy atom. The number of hydrogen-bond acceptors (Lipinski definition) is 4. The summed E-state index contributed by atoms with van der Waals surface area (Å²) >= 11 is 5.16. The molecule has 0 radical (unpaired) electrons. The molecule has 2 rings (SSSR count). The van der Waals surface area contributed by atoms with E-state index in [1.807, 2.05) is 44.2 Å². The zero-order valence-corrected chi connectivity index (χ0v) is 14.7. The minimum absolute atomic E-state index is 0.158. The topological polar surface area (TPSA) is 59.6 Å². The number of thiocarbonyl (C=S) groups is 1. The molecule has 2 aromatic rings. The zero-order chi connectivity index (χ0) is 17.5. The van der Waals surface area contributed by atoms with Gasteiger partial charge in [0.05, 0.1) is 7.11 Å². The van der Waals surface area contributed by atoms with Gasteiger partial charge in [-0.15, -0.1) is 0 Å². The Bertz CT molecular complexity index is 747. The lowest BCUT2D eigenvalue weighted by atomic mass is 10.1. The predicted octanol–water partition coefficient (Wildman–Crippen LogP) is 3.20. The van der Waals surface area contributed by atoms with Crippen LogP contribution >= 0.6 is 12.2 Å². The number of para-hydroxylation sites is 2. The molecule has 0 spiro atoms. The highest BCUT2D eigenvalue weighted by Crippen LogP contribution is 2.25. The Kier molecular flexibility index (Phi) is 6.14. The fourth-order valence-corrected chi connectivity index (χ4v) is 2.38. The van der Waals surface area contributed by atoms with Crippen LogP contribution in [0.1, 0.15) is 11.1 Å².